The smallest absolute Gasteiger partial charge is 0.462 e. The summed E-state index contributed by atoms with van der Waals surface area (Å²) in [6, 6.07) is 0. The van der Waals surface area contributed by atoms with Gasteiger partial charge in [-0.1, -0.05) is 304 Å². The minimum Gasteiger partial charge on any atom is -0.462 e. The lowest BCUT2D eigenvalue weighted by molar-refractivity contribution is -0.161. The summed E-state index contributed by atoms with van der Waals surface area (Å²) in [5, 5.41) is 10.5. The molecule has 0 aromatic carbocycles. The maximum atomic E-state index is 13.0. The second-order valence-electron chi connectivity index (χ2n) is 25.4. The highest BCUT2D eigenvalue weighted by Gasteiger charge is 2.30. The molecule has 0 amide bonds. The van der Waals surface area contributed by atoms with Crippen LogP contribution in [0.3, 0.4) is 0 Å². The van der Waals surface area contributed by atoms with Gasteiger partial charge in [-0.2, -0.15) is 0 Å². The molecule has 88 heavy (non-hydrogen) atoms. The van der Waals surface area contributed by atoms with Crippen LogP contribution in [0.1, 0.15) is 356 Å². The van der Waals surface area contributed by atoms with Crippen molar-refractivity contribution < 1.29 is 80.2 Å². The quantitative estimate of drug-likeness (QED) is 0.0222. The van der Waals surface area contributed by atoms with E-state index in [2.05, 4.69) is 34.6 Å². The van der Waals surface area contributed by atoms with E-state index >= 15 is 0 Å². The Bertz CT molecular complexity index is 1700. The van der Waals surface area contributed by atoms with E-state index in [9.17, 15) is 43.2 Å². The number of hydrogen-bond donors (Lipinski definition) is 3. The summed E-state index contributed by atoms with van der Waals surface area (Å²) in [5.74, 6) is -1.31. The van der Waals surface area contributed by atoms with Crippen LogP contribution in [-0.2, 0) is 65.4 Å². The van der Waals surface area contributed by atoms with E-state index in [4.69, 9.17) is 37.0 Å². The number of phosphoric ester groups is 2. The second kappa shape index (κ2) is 62.5. The summed E-state index contributed by atoms with van der Waals surface area (Å²) in [5.41, 5.74) is 0. The zero-order valence-electron chi connectivity index (χ0n) is 56.9. The molecule has 0 rings (SSSR count). The predicted molar refractivity (Wildman–Crippen MR) is 354 cm³/mol. The molecule has 2 unspecified atom stereocenters. The maximum absolute atomic E-state index is 13.0. The van der Waals surface area contributed by atoms with Crippen molar-refractivity contribution in [3.63, 3.8) is 0 Å². The highest BCUT2D eigenvalue weighted by atomic mass is 31.2. The van der Waals surface area contributed by atoms with Crippen molar-refractivity contribution in [2.75, 3.05) is 39.6 Å². The van der Waals surface area contributed by atoms with Gasteiger partial charge in [-0.25, -0.2) is 9.13 Å². The maximum Gasteiger partial charge on any atom is 0.472 e. The van der Waals surface area contributed by atoms with E-state index in [0.29, 0.717) is 25.7 Å². The van der Waals surface area contributed by atoms with E-state index < -0.39 is 97.5 Å². The standard InChI is InChI=1S/C69H134O17P2/c1-6-9-12-15-18-31-37-42-47-52-66(71)79-58-64(85-68(73)54-49-44-39-33-20-17-14-11-8-3)60-83-87(75,76)81-56-63(70)57-82-88(77,78)84-61-65(59-80-67(72)53-48-43-38-32-19-16-13-10-7-2)86-69(74)55-50-45-40-35-30-28-26-24-22-21-23-25-27-29-34-36-41-46-51-62(4)5/h62-65,70H,6-61H2,1-5H3,(H,75,76)(H,77,78)/t63-,64+,65+/m0/s1. The van der Waals surface area contributed by atoms with Crippen LogP contribution in [-0.4, -0.2) is 96.7 Å². The van der Waals surface area contributed by atoms with Gasteiger partial charge in [0, 0.05) is 25.7 Å². The Labute approximate surface area is 537 Å². The summed E-state index contributed by atoms with van der Waals surface area (Å²) >= 11 is 0. The van der Waals surface area contributed by atoms with Crippen LogP contribution < -0.4 is 0 Å². The third kappa shape index (κ3) is 62.8. The average molecular weight is 1300 g/mol. The van der Waals surface area contributed by atoms with Crippen LogP contribution in [0.5, 0.6) is 0 Å². The van der Waals surface area contributed by atoms with Crippen LogP contribution in [0.25, 0.3) is 0 Å². The number of phosphoric acid groups is 2. The van der Waals surface area contributed by atoms with Crippen molar-refractivity contribution in [1.29, 1.82) is 0 Å². The van der Waals surface area contributed by atoms with E-state index in [0.717, 1.165) is 95.8 Å². The van der Waals surface area contributed by atoms with E-state index in [1.54, 1.807) is 0 Å². The molecule has 522 valence electrons. The highest BCUT2D eigenvalue weighted by molar-refractivity contribution is 7.47. The first-order chi connectivity index (χ1) is 42.5. The van der Waals surface area contributed by atoms with Gasteiger partial charge in [0.1, 0.15) is 19.3 Å². The van der Waals surface area contributed by atoms with Crippen molar-refractivity contribution >= 4 is 39.5 Å². The first-order valence-corrected chi connectivity index (χ1v) is 39.1. The number of ether oxygens (including phenoxy) is 4. The Morgan fingerprint density at radius 1 is 0.307 bits per heavy atom. The first-order valence-electron chi connectivity index (χ1n) is 36.1. The van der Waals surface area contributed by atoms with Gasteiger partial charge in [0.15, 0.2) is 12.2 Å². The Balaban J connectivity index is 5.10. The molecule has 17 nitrogen and oxygen atoms in total. The van der Waals surface area contributed by atoms with Crippen LogP contribution in [0.15, 0.2) is 0 Å². The average Bonchev–Trinajstić information content (AvgIpc) is 3.49. The fraction of sp³-hybridized carbons (Fsp3) is 0.942. The number of aliphatic hydroxyl groups is 1. The molecule has 5 atom stereocenters. The van der Waals surface area contributed by atoms with Crippen LogP contribution in [0.2, 0.25) is 0 Å². The van der Waals surface area contributed by atoms with Crippen molar-refractivity contribution in [2.24, 2.45) is 5.92 Å². The lowest BCUT2D eigenvalue weighted by Crippen LogP contribution is -2.30. The fourth-order valence-electron chi connectivity index (χ4n) is 10.5. The number of aliphatic hydroxyl groups excluding tert-OH is 1. The zero-order valence-corrected chi connectivity index (χ0v) is 58.6. The topological polar surface area (TPSA) is 237 Å². The Kier molecular flexibility index (Phi) is 61.1. The van der Waals surface area contributed by atoms with Crippen LogP contribution in [0.4, 0.5) is 0 Å². The van der Waals surface area contributed by atoms with Crippen molar-refractivity contribution in [2.45, 2.75) is 374 Å². The first kappa shape index (κ1) is 86.1. The van der Waals surface area contributed by atoms with E-state index in [-0.39, 0.29) is 25.7 Å². The minimum absolute atomic E-state index is 0.106. The van der Waals surface area contributed by atoms with Gasteiger partial charge in [0.05, 0.1) is 26.4 Å². The molecule has 0 saturated heterocycles. The molecule has 0 saturated carbocycles. The van der Waals surface area contributed by atoms with Crippen molar-refractivity contribution in [3.05, 3.63) is 0 Å². The van der Waals surface area contributed by atoms with Crippen molar-refractivity contribution in [1.82, 2.24) is 0 Å². The molecule has 0 bridgehead atoms. The molecular formula is C69H134O17P2. The zero-order chi connectivity index (χ0) is 64.9. The number of rotatable bonds is 69. The SMILES string of the molecule is CCCCCCCCCCCC(=O)OC[C@H](COP(=O)(O)OC[C@H](O)COP(=O)(O)OC[C@@H](COC(=O)CCCCCCCCCCC)OC(=O)CCCCCCCCCCCCCCCCCCCCC(C)C)OC(=O)CCCCCCCCCCC. The molecule has 0 aliphatic heterocycles. The lowest BCUT2D eigenvalue weighted by Gasteiger charge is -2.21. The number of esters is 4. The monoisotopic (exact) mass is 1300 g/mol. The Hall–Kier alpha value is -1.94. The van der Waals surface area contributed by atoms with Crippen LogP contribution in [0, 0.1) is 5.92 Å². The number of unbranched alkanes of at least 4 members (excludes halogenated alkanes) is 41. The Morgan fingerprint density at radius 2 is 0.523 bits per heavy atom. The summed E-state index contributed by atoms with van der Waals surface area (Å²) < 4.78 is 68.1. The molecule has 3 N–H and O–H groups in total. The molecule has 0 aliphatic rings. The molecule has 0 radical (unpaired) electrons. The summed E-state index contributed by atoms with van der Waals surface area (Å²) in [6.45, 7) is 7.22. The third-order valence-corrected chi connectivity index (χ3v) is 17.9. The highest BCUT2D eigenvalue weighted by Crippen LogP contribution is 2.45. The molecule has 0 aromatic rings. The molecule has 19 heteroatoms. The minimum atomic E-state index is -4.95. The molecular weight excluding hydrogens is 1160 g/mol. The molecule has 0 aliphatic carbocycles. The fourth-order valence-corrected chi connectivity index (χ4v) is 12.0. The van der Waals surface area contributed by atoms with Gasteiger partial charge in [-0.15, -0.1) is 0 Å². The molecule has 0 fully saturated rings. The second-order valence-corrected chi connectivity index (χ2v) is 28.3. The third-order valence-electron chi connectivity index (χ3n) is 16.0. The summed E-state index contributed by atoms with van der Waals surface area (Å²) in [4.78, 5) is 72.3. The van der Waals surface area contributed by atoms with Crippen LogP contribution >= 0.6 is 15.6 Å². The van der Waals surface area contributed by atoms with Gasteiger partial charge < -0.3 is 33.8 Å². The van der Waals surface area contributed by atoms with Gasteiger partial charge >= 0.3 is 39.5 Å². The summed E-state index contributed by atoms with van der Waals surface area (Å²) in [6.07, 6.45) is 48.7. The molecule has 0 heterocycles. The van der Waals surface area contributed by atoms with Crippen molar-refractivity contribution in [3.8, 4) is 0 Å². The number of carbonyl (C=O) groups excluding carboxylic acids is 4. The number of hydrogen-bond acceptors (Lipinski definition) is 15. The van der Waals surface area contributed by atoms with E-state index in [1.165, 1.54) is 180 Å². The number of carbonyl (C=O) groups is 4. The van der Waals surface area contributed by atoms with Gasteiger partial charge in [-0.05, 0) is 31.6 Å². The summed E-state index contributed by atoms with van der Waals surface area (Å²) in [7, 11) is -9.89. The Morgan fingerprint density at radius 3 is 0.773 bits per heavy atom. The molecule has 0 spiro atoms. The lowest BCUT2D eigenvalue weighted by atomic mass is 10.0. The normalized spacial score (nSPS) is 14.1. The largest absolute Gasteiger partial charge is 0.472 e. The molecule has 0 aromatic heterocycles. The van der Waals surface area contributed by atoms with Gasteiger partial charge in [0.2, 0.25) is 0 Å². The van der Waals surface area contributed by atoms with Gasteiger partial charge in [0.25, 0.3) is 0 Å². The van der Waals surface area contributed by atoms with Gasteiger partial charge in [-0.3, -0.25) is 37.3 Å². The predicted octanol–water partition coefficient (Wildman–Crippen LogP) is 19.7. The van der Waals surface area contributed by atoms with E-state index in [1.807, 2.05) is 0 Å².